The Bertz CT molecular complexity index is 416. The van der Waals surface area contributed by atoms with E-state index in [1.165, 1.54) is 13.2 Å². The van der Waals surface area contributed by atoms with Crippen LogP contribution in [-0.4, -0.2) is 18.6 Å². The summed E-state index contributed by atoms with van der Waals surface area (Å²) >= 11 is 0. The fourth-order valence-corrected chi connectivity index (χ4v) is 1.75. The monoisotopic (exact) mass is 238 g/mol. The molecule has 0 aliphatic heterocycles. The zero-order valence-corrected chi connectivity index (χ0v) is 10.4. The minimum Gasteiger partial charge on any atom is -0.490 e. The van der Waals surface area contributed by atoms with E-state index in [2.05, 4.69) is 13.8 Å². The first-order chi connectivity index (χ1) is 7.92. The molecule has 94 valence electrons. The summed E-state index contributed by atoms with van der Waals surface area (Å²) in [6.45, 7) is 4.69. The molecule has 17 heavy (non-hydrogen) atoms. The Hall–Kier alpha value is -1.62. The second-order valence-electron chi connectivity index (χ2n) is 4.57. The lowest BCUT2D eigenvalue weighted by molar-refractivity contribution is -0.385. The van der Waals surface area contributed by atoms with Crippen LogP contribution in [-0.2, 0) is 5.41 Å². The van der Waals surface area contributed by atoms with Crippen molar-refractivity contribution in [1.29, 1.82) is 0 Å². The molecule has 0 amide bonds. The minimum absolute atomic E-state index is 0.0141. The maximum Gasteiger partial charge on any atom is 0.310 e. The van der Waals surface area contributed by atoms with E-state index in [-0.39, 0.29) is 16.9 Å². The van der Waals surface area contributed by atoms with E-state index in [0.717, 1.165) is 12.0 Å². The number of nitrogens with zero attached hydrogens (tertiary/aromatic N) is 1. The van der Waals surface area contributed by atoms with Crippen molar-refractivity contribution in [2.24, 2.45) is 5.73 Å². The number of ether oxygens (including phenoxy) is 1. The van der Waals surface area contributed by atoms with Gasteiger partial charge in [-0.15, -0.1) is 0 Å². The zero-order chi connectivity index (χ0) is 13.1. The molecule has 0 aliphatic rings. The molecule has 0 radical (unpaired) electrons. The molecule has 1 rings (SSSR count). The lowest BCUT2D eigenvalue weighted by Gasteiger charge is -2.24. The quantitative estimate of drug-likeness (QED) is 0.630. The summed E-state index contributed by atoms with van der Waals surface area (Å²) in [5.74, 6) is 0.289. The Morgan fingerprint density at radius 2 is 2.12 bits per heavy atom. The molecular formula is C12H18N2O3. The van der Waals surface area contributed by atoms with Crippen LogP contribution >= 0.6 is 0 Å². The second-order valence-corrected chi connectivity index (χ2v) is 4.57. The summed E-state index contributed by atoms with van der Waals surface area (Å²) in [6, 6.07) is 4.95. The Labute approximate surface area is 101 Å². The molecule has 0 fully saturated rings. The van der Waals surface area contributed by atoms with Gasteiger partial charge in [0.05, 0.1) is 12.0 Å². The number of nitrogens with two attached hydrogens (primary N) is 1. The van der Waals surface area contributed by atoms with Gasteiger partial charge in [0.25, 0.3) is 0 Å². The summed E-state index contributed by atoms with van der Waals surface area (Å²) in [5, 5.41) is 10.8. The lowest BCUT2D eigenvalue weighted by Crippen LogP contribution is -2.21. The van der Waals surface area contributed by atoms with E-state index in [1.54, 1.807) is 12.1 Å². The average Bonchev–Trinajstić information content (AvgIpc) is 2.27. The fourth-order valence-electron chi connectivity index (χ4n) is 1.75. The fraction of sp³-hybridized carbons (Fsp3) is 0.500. The molecule has 0 spiro atoms. The number of benzene rings is 1. The first-order valence-corrected chi connectivity index (χ1v) is 5.45. The van der Waals surface area contributed by atoms with Crippen molar-refractivity contribution in [2.75, 3.05) is 13.7 Å². The van der Waals surface area contributed by atoms with Crippen LogP contribution in [0.4, 0.5) is 5.69 Å². The first-order valence-electron chi connectivity index (χ1n) is 5.45. The van der Waals surface area contributed by atoms with Crippen molar-refractivity contribution in [2.45, 2.75) is 25.7 Å². The van der Waals surface area contributed by atoms with Gasteiger partial charge in [0.1, 0.15) is 0 Å². The molecule has 5 nitrogen and oxygen atoms in total. The number of hydrogen-bond donors (Lipinski definition) is 1. The van der Waals surface area contributed by atoms with Crippen molar-refractivity contribution < 1.29 is 9.66 Å². The molecule has 0 saturated heterocycles. The summed E-state index contributed by atoms with van der Waals surface area (Å²) in [6.07, 6.45) is 0.813. The van der Waals surface area contributed by atoms with Gasteiger partial charge in [-0.2, -0.15) is 0 Å². The Kier molecular flexibility index (Phi) is 4.07. The second kappa shape index (κ2) is 5.14. The number of nitro groups is 1. The molecule has 2 N–H and O–H groups in total. The molecular weight excluding hydrogens is 220 g/mol. The third-order valence-electron chi connectivity index (χ3n) is 2.93. The lowest BCUT2D eigenvalue weighted by atomic mass is 9.81. The molecule has 0 bridgehead atoms. The molecule has 0 atom stereocenters. The van der Waals surface area contributed by atoms with Crippen LogP contribution in [0.15, 0.2) is 18.2 Å². The van der Waals surface area contributed by atoms with E-state index >= 15 is 0 Å². The predicted molar refractivity (Wildman–Crippen MR) is 66.3 cm³/mol. The van der Waals surface area contributed by atoms with Gasteiger partial charge < -0.3 is 10.5 Å². The third-order valence-corrected chi connectivity index (χ3v) is 2.93. The van der Waals surface area contributed by atoms with Crippen molar-refractivity contribution in [3.8, 4) is 5.75 Å². The van der Waals surface area contributed by atoms with E-state index < -0.39 is 4.92 Å². The average molecular weight is 238 g/mol. The van der Waals surface area contributed by atoms with Crippen LogP contribution in [0.5, 0.6) is 5.75 Å². The van der Waals surface area contributed by atoms with Crippen LogP contribution < -0.4 is 10.5 Å². The van der Waals surface area contributed by atoms with E-state index in [4.69, 9.17) is 10.5 Å². The van der Waals surface area contributed by atoms with Gasteiger partial charge >= 0.3 is 5.69 Å². The minimum atomic E-state index is -0.446. The van der Waals surface area contributed by atoms with Gasteiger partial charge in [0.15, 0.2) is 5.75 Å². The van der Waals surface area contributed by atoms with Crippen LogP contribution in [0.2, 0.25) is 0 Å². The largest absolute Gasteiger partial charge is 0.490 e. The SMILES string of the molecule is COc1cc(C(C)(C)CCN)ccc1[N+](=O)[O-]. The maximum absolute atomic E-state index is 10.8. The van der Waals surface area contributed by atoms with Crippen LogP contribution in [0, 0.1) is 10.1 Å². The summed E-state index contributed by atoms with van der Waals surface area (Å²) in [4.78, 5) is 10.3. The number of rotatable bonds is 5. The van der Waals surface area contributed by atoms with Gasteiger partial charge in [0, 0.05) is 6.07 Å². The van der Waals surface area contributed by atoms with Crippen LogP contribution in [0.3, 0.4) is 0 Å². The van der Waals surface area contributed by atoms with Gasteiger partial charge in [-0.1, -0.05) is 19.9 Å². The molecule has 0 unspecified atom stereocenters. The zero-order valence-electron chi connectivity index (χ0n) is 10.4. The topological polar surface area (TPSA) is 78.4 Å². The number of hydrogen-bond acceptors (Lipinski definition) is 4. The van der Waals surface area contributed by atoms with Crippen molar-refractivity contribution in [3.63, 3.8) is 0 Å². The smallest absolute Gasteiger partial charge is 0.310 e. The molecule has 1 aromatic carbocycles. The Morgan fingerprint density at radius 3 is 2.59 bits per heavy atom. The number of methoxy groups -OCH3 is 1. The van der Waals surface area contributed by atoms with Crippen molar-refractivity contribution in [1.82, 2.24) is 0 Å². The predicted octanol–water partition coefficient (Wildman–Crippen LogP) is 2.23. The van der Waals surface area contributed by atoms with Gasteiger partial charge in [-0.05, 0) is 30.0 Å². The summed E-state index contributed by atoms with van der Waals surface area (Å²) < 4.78 is 5.05. The number of nitro benzene ring substituents is 1. The molecule has 0 aromatic heterocycles. The normalized spacial score (nSPS) is 11.3. The van der Waals surface area contributed by atoms with E-state index in [1.807, 2.05) is 0 Å². The standard InChI is InChI=1S/C12H18N2O3/c1-12(2,6-7-13)9-4-5-10(14(15)16)11(8-9)17-3/h4-5,8H,6-7,13H2,1-3H3. The summed E-state index contributed by atoms with van der Waals surface area (Å²) in [5.41, 5.74) is 6.42. The molecule has 0 heterocycles. The van der Waals surface area contributed by atoms with E-state index in [0.29, 0.717) is 6.54 Å². The molecule has 1 aromatic rings. The molecule has 0 aliphatic carbocycles. The Balaban J connectivity index is 3.17. The first kappa shape index (κ1) is 13.4. The highest BCUT2D eigenvalue weighted by molar-refractivity contribution is 5.49. The van der Waals surface area contributed by atoms with Crippen molar-refractivity contribution >= 4 is 5.69 Å². The van der Waals surface area contributed by atoms with E-state index in [9.17, 15) is 10.1 Å². The summed E-state index contributed by atoms with van der Waals surface area (Å²) in [7, 11) is 1.43. The molecule has 5 heteroatoms. The van der Waals surface area contributed by atoms with Gasteiger partial charge in [0.2, 0.25) is 0 Å². The van der Waals surface area contributed by atoms with Crippen LogP contribution in [0.1, 0.15) is 25.8 Å². The maximum atomic E-state index is 10.8. The van der Waals surface area contributed by atoms with Crippen molar-refractivity contribution in [3.05, 3.63) is 33.9 Å². The highest BCUT2D eigenvalue weighted by atomic mass is 16.6. The van der Waals surface area contributed by atoms with Crippen LogP contribution in [0.25, 0.3) is 0 Å². The highest BCUT2D eigenvalue weighted by Crippen LogP contribution is 2.34. The third kappa shape index (κ3) is 2.94. The highest BCUT2D eigenvalue weighted by Gasteiger charge is 2.23. The van der Waals surface area contributed by atoms with Gasteiger partial charge in [-0.25, -0.2) is 0 Å². The van der Waals surface area contributed by atoms with Gasteiger partial charge in [-0.3, -0.25) is 10.1 Å². The Morgan fingerprint density at radius 1 is 1.47 bits per heavy atom. The molecule has 0 saturated carbocycles.